The van der Waals surface area contributed by atoms with Crippen LogP contribution in [0.25, 0.3) is 10.9 Å². The Bertz CT molecular complexity index is 842. The van der Waals surface area contributed by atoms with Gasteiger partial charge in [0.15, 0.2) is 0 Å². The highest BCUT2D eigenvalue weighted by atomic mass is 19.1. The summed E-state index contributed by atoms with van der Waals surface area (Å²) >= 11 is 0. The number of aryl methyl sites for hydroxylation is 1. The van der Waals surface area contributed by atoms with Crippen LogP contribution >= 0.6 is 0 Å². The van der Waals surface area contributed by atoms with Crippen LogP contribution in [0.4, 0.5) is 10.1 Å². The van der Waals surface area contributed by atoms with Crippen molar-refractivity contribution in [3.63, 3.8) is 0 Å². The number of nitrogens with one attached hydrogen (secondary N) is 1. The molecule has 3 aromatic rings. The van der Waals surface area contributed by atoms with Crippen LogP contribution in [0, 0.1) is 5.82 Å². The largest absolute Gasteiger partial charge is 0.380 e. The molecule has 0 atom stereocenters. The number of nitrogens with zero attached hydrogens (tertiary/aromatic N) is 1. The Morgan fingerprint density at radius 1 is 1.00 bits per heavy atom. The van der Waals surface area contributed by atoms with E-state index in [1.807, 2.05) is 30.3 Å². The van der Waals surface area contributed by atoms with Crippen LogP contribution in [-0.2, 0) is 19.4 Å². The van der Waals surface area contributed by atoms with Gasteiger partial charge >= 0.3 is 0 Å². The van der Waals surface area contributed by atoms with E-state index >= 15 is 0 Å². The highest BCUT2D eigenvalue weighted by molar-refractivity contribution is 5.93. The van der Waals surface area contributed by atoms with Crippen LogP contribution in [0.1, 0.15) is 23.2 Å². The highest BCUT2D eigenvalue weighted by Gasteiger charge is 2.19. The van der Waals surface area contributed by atoms with Gasteiger partial charge in [0.25, 0.3) is 0 Å². The van der Waals surface area contributed by atoms with Crippen molar-refractivity contribution in [1.82, 2.24) is 4.98 Å². The minimum absolute atomic E-state index is 0.162. The van der Waals surface area contributed by atoms with E-state index in [9.17, 15) is 4.39 Å². The summed E-state index contributed by atoms with van der Waals surface area (Å²) in [4.78, 5) is 4.77. The molecule has 4 rings (SSSR count). The summed E-state index contributed by atoms with van der Waals surface area (Å²) in [7, 11) is 0. The molecule has 1 aromatic heterocycles. The molecule has 0 saturated carbocycles. The molecule has 0 unspecified atom stereocenters. The third-order valence-corrected chi connectivity index (χ3v) is 4.33. The molecule has 110 valence electrons. The molecule has 22 heavy (non-hydrogen) atoms. The van der Waals surface area contributed by atoms with Crippen LogP contribution < -0.4 is 5.32 Å². The van der Waals surface area contributed by atoms with Gasteiger partial charge in [-0.3, -0.25) is 4.98 Å². The van der Waals surface area contributed by atoms with Gasteiger partial charge in [0, 0.05) is 28.9 Å². The Kier molecular flexibility index (Phi) is 3.26. The summed E-state index contributed by atoms with van der Waals surface area (Å²) in [5.74, 6) is -0.162. The van der Waals surface area contributed by atoms with Crippen molar-refractivity contribution >= 4 is 16.6 Å². The van der Waals surface area contributed by atoms with E-state index < -0.39 is 0 Å². The first-order chi connectivity index (χ1) is 10.8. The Hall–Kier alpha value is -2.42. The number of halogens is 1. The first-order valence-corrected chi connectivity index (χ1v) is 7.71. The molecule has 1 aliphatic carbocycles. The van der Waals surface area contributed by atoms with E-state index in [0.29, 0.717) is 12.1 Å². The molecule has 1 N–H and O–H groups in total. The second kappa shape index (κ2) is 5.41. The van der Waals surface area contributed by atoms with Crippen LogP contribution in [0.2, 0.25) is 0 Å². The normalized spacial score (nSPS) is 13.3. The summed E-state index contributed by atoms with van der Waals surface area (Å²) in [5, 5.41) is 4.59. The number of fused-ring (bicyclic) bond motifs is 2. The van der Waals surface area contributed by atoms with E-state index in [0.717, 1.165) is 35.9 Å². The molecular formula is C19H17FN2. The second-order valence-corrected chi connectivity index (χ2v) is 5.73. The quantitative estimate of drug-likeness (QED) is 0.770. The van der Waals surface area contributed by atoms with Gasteiger partial charge in [0.05, 0.1) is 5.52 Å². The van der Waals surface area contributed by atoms with E-state index in [2.05, 4.69) is 11.4 Å². The van der Waals surface area contributed by atoms with Crippen molar-refractivity contribution in [2.45, 2.75) is 25.8 Å². The lowest BCUT2D eigenvalue weighted by Crippen LogP contribution is -2.06. The summed E-state index contributed by atoms with van der Waals surface area (Å²) in [6, 6.07) is 15.1. The van der Waals surface area contributed by atoms with Crippen molar-refractivity contribution in [2.75, 3.05) is 5.32 Å². The zero-order valence-corrected chi connectivity index (χ0v) is 12.3. The summed E-state index contributed by atoms with van der Waals surface area (Å²) < 4.78 is 13.8. The third kappa shape index (κ3) is 2.23. The summed E-state index contributed by atoms with van der Waals surface area (Å²) in [6.45, 7) is 0.493. The molecule has 0 aliphatic heterocycles. The smallest absolute Gasteiger partial charge is 0.128 e. The predicted molar refractivity (Wildman–Crippen MR) is 87.5 cm³/mol. The van der Waals surface area contributed by atoms with E-state index in [1.165, 1.54) is 17.3 Å². The van der Waals surface area contributed by atoms with Gasteiger partial charge in [0.1, 0.15) is 5.82 Å². The van der Waals surface area contributed by atoms with E-state index in [-0.39, 0.29) is 5.82 Å². The molecule has 0 fully saturated rings. The molecule has 2 nitrogen and oxygen atoms in total. The lowest BCUT2D eigenvalue weighted by atomic mass is 10.1. The maximum absolute atomic E-state index is 13.8. The SMILES string of the molecule is Fc1ccccc1CNc1c2c(nc3ccccc13)CCC2. The molecule has 0 bridgehead atoms. The van der Waals surface area contributed by atoms with Crippen LogP contribution in [0.5, 0.6) is 0 Å². The fraction of sp³-hybridized carbons (Fsp3) is 0.211. The van der Waals surface area contributed by atoms with Crippen LogP contribution in [0.15, 0.2) is 48.5 Å². The Labute approximate surface area is 129 Å². The Morgan fingerprint density at radius 2 is 1.82 bits per heavy atom. The van der Waals surface area contributed by atoms with E-state index in [4.69, 9.17) is 4.98 Å². The summed E-state index contributed by atoms with van der Waals surface area (Å²) in [6.07, 6.45) is 3.23. The van der Waals surface area contributed by atoms with Gasteiger partial charge in [-0.05, 0) is 37.0 Å². The minimum atomic E-state index is -0.162. The molecule has 0 radical (unpaired) electrons. The van der Waals surface area contributed by atoms with Crippen molar-refractivity contribution < 1.29 is 4.39 Å². The van der Waals surface area contributed by atoms with Gasteiger partial charge in [-0.25, -0.2) is 4.39 Å². The van der Waals surface area contributed by atoms with E-state index in [1.54, 1.807) is 6.07 Å². The van der Waals surface area contributed by atoms with Gasteiger partial charge in [-0.2, -0.15) is 0 Å². The second-order valence-electron chi connectivity index (χ2n) is 5.73. The molecule has 0 amide bonds. The molecule has 0 saturated heterocycles. The topological polar surface area (TPSA) is 24.9 Å². The average molecular weight is 292 g/mol. The van der Waals surface area contributed by atoms with Gasteiger partial charge in [0.2, 0.25) is 0 Å². The zero-order chi connectivity index (χ0) is 14.9. The Morgan fingerprint density at radius 3 is 2.73 bits per heavy atom. The fourth-order valence-electron chi connectivity index (χ4n) is 3.24. The molecule has 2 aromatic carbocycles. The number of benzene rings is 2. The number of para-hydroxylation sites is 1. The molecular weight excluding hydrogens is 275 g/mol. The van der Waals surface area contributed by atoms with Crippen molar-refractivity contribution in [3.05, 3.63) is 71.2 Å². The number of rotatable bonds is 3. The van der Waals surface area contributed by atoms with Crippen molar-refractivity contribution in [2.24, 2.45) is 0 Å². The summed E-state index contributed by atoms with van der Waals surface area (Å²) in [5.41, 5.74) is 5.32. The Balaban J connectivity index is 1.76. The maximum Gasteiger partial charge on any atom is 0.128 e. The lowest BCUT2D eigenvalue weighted by molar-refractivity contribution is 0.613. The highest BCUT2D eigenvalue weighted by Crippen LogP contribution is 2.34. The van der Waals surface area contributed by atoms with Crippen LogP contribution in [-0.4, -0.2) is 4.98 Å². The standard InChI is InChI=1S/C19H17FN2/c20-16-9-3-1-6-13(16)12-21-19-14-7-2-4-10-17(14)22-18-11-5-8-15(18)19/h1-4,6-7,9-10H,5,8,11-12H2,(H,21,22). The number of hydrogen-bond donors (Lipinski definition) is 1. The van der Waals surface area contributed by atoms with Gasteiger partial charge in [-0.1, -0.05) is 36.4 Å². The first kappa shape index (κ1) is 13.3. The molecule has 3 heteroatoms. The number of hydrogen-bond acceptors (Lipinski definition) is 2. The minimum Gasteiger partial charge on any atom is -0.380 e. The lowest BCUT2D eigenvalue weighted by Gasteiger charge is -2.15. The number of pyridine rings is 1. The maximum atomic E-state index is 13.8. The van der Waals surface area contributed by atoms with Crippen molar-refractivity contribution in [1.29, 1.82) is 0 Å². The average Bonchev–Trinajstić information content (AvgIpc) is 3.01. The predicted octanol–water partition coefficient (Wildman–Crippen LogP) is 4.47. The van der Waals surface area contributed by atoms with Crippen molar-refractivity contribution in [3.8, 4) is 0 Å². The molecule has 1 aliphatic rings. The molecule has 0 spiro atoms. The zero-order valence-electron chi connectivity index (χ0n) is 12.3. The van der Waals surface area contributed by atoms with Gasteiger partial charge in [-0.15, -0.1) is 0 Å². The number of anilines is 1. The first-order valence-electron chi connectivity index (χ1n) is 7.71. The van der Waals surface area contributed by atoms with Crippen LogP contribution in [0.3, 0.4) is 0 Å². The third-order valence-electron chi connectivity index (χ3n) is 4.33. The monoisotopic (exact) mass is 292 g/mol. The molecule has 1 heterocycles. The fourth-order valence-corrected chi connectivity index (χ4v) is 3.24. The van der Waals surface area contributed by atoms with Gasteiger partial charge < -0.3 is 5.32 Å². The number of aromatic nitrogens is 1.